The zero-order valence-electron chi connectivity index (χ0n) is 21.1. The number of rotatable bonds is 5. The Bertz CT molecular complexity index is 1910. The van der Waals surface area contributed by atoms with Gasteiger partial charge in [0.05, 0.1) is 11.1 Å². The minimum absolute atomic E-state index is 0.727. The Balaban J connectivity index is 1.38. The highest BCUT2D eigenvalue weighted by atomic mass is 35.5. The maximum absolute atomic E-state index is 6.42. The molecule has 0 fully saturated rings. The van der Waals surface area contributed by atoms with E-state index < -0.39 is 0 Å². The maximum Gasteiger partial charge on any atom is 0.137 e. The van der Waals surface area contributed by atoms with Gasteiger partial charge in [-0.05, 0) is 76.9 Å². The fourth-order valence-electron chi connectivity index (χ4n) is 5.36. The Labute approximate surface area is 232 Å². The summed E-state index contributed by atoms with van der Waals surface area (Å²) >= 11 is 6.42. The molecule has 0 atom stereocenters. The Morgan fingerprint density at radius 2 is 1.13 bits per heavy atom. The third kappa shape index (κ3) is 4.25. The molecule has 2 nitrogen and oxygen atoms in total. The van der Waals surface area contributed by atoms with Crippen molar-refractivity contribution in [1.82, 2.24) is 0 Å². The fourth-order valence-corrected chi connectivity index (χ4v) is 5.53. The molecule has 0 aliphatic heterocycles. The molecule has 3 heteroatoms. The first-order valence-corrected chi connectivity index (χ1v) is 13.3. The standard InChI is InChI=1S/C36H24ClNO/c37-27-20-23-30(32(24-27)25-10-3-1-4-11-25)26-18-21-29(22-19-26)38(28-12-5-2-6-13-28)33-15-9-17-35-36(33)31-14-7-8-16-34(31)39-35/h1-24H. The molecular weight excluding hydrogens is 498 g/mol. The molecule has 0 saturated carbocycles. The minimum atomic E-state index is 0.727. The molecule has 0 radical (unpaired) electrons. The number of hydrogen-bond acceptors (Lipinski definition) is 2. The van der Waals surface area contributed by atoms with Gasteiger partial charge in [-0.2, -0.15) is 0 Å². The Kier molecular flexibility index (Phi) is 5.88. The normalized spacial score (nSPS) is 11.2. The van der Waals surface area contributed by atoms with Crippen molar-refractivity contribution in [2.45, 2.75) is 0 Å². The van der Waals surface area contributed by atoms with Crippen molar-refractivity contribution < 1.29 is 4.42 Å². The highest BCUT2D eigenvalue weighted by Gasteiger charge is 2.19. The van der Waals surface area contributed by atoms with Gasteiger partial charge in [0.15, 0.2) is 0 Å². The number of anilines is 3. The van der Waals surface area contributed by atoms with Gasteiger partial charge in [-0.1, -0.05) is 103 Å². The second-order valence-corrected chi connectivity index (χ2v) is 9.96. The van der Waals surface area contributed by atoms with Crippen LogP contribution in [0.25, 0.3) is 44.2 Å². The summed E-state index contributed by atoms with van der Waals surface area (Å²) in [4.78, 5) is 2.30. The second kappa shape index (κ2) is 9.83. The van der Waals surface area contributed by atoms with Crippen molar-refractivity contribution in [2.75, 3.05) is 4.90 Å². The molecule has 186 valence electrons. The summed E-state index contributed by atoms with van der Waals surface area (Å²) in [6.07, 6.45) is 0. The van der Waals surface area contributed by atoms with E-state index in [0.717, 1.165) is 66.3 Å². The van der Waals surface area contributed by atoms with E-state index in [1.165, 1.54) is 0 Å². The number of halogens is 1. The average Bonchev–Trinajstić information content (AvgIpc) is 3.38. The van der Waals surface area contributed by atoms with Gasteiger partial charge in [0.25, 0.3) is 0 Å². The van der Waals surface area contributed by atoms with Crippen molar-refractivity contribution in [3.8, 4) is 22.3 Å². The molecule has 1 heterocycles. The molecule has 7 rings (SSSR count). The zero-order chi connectivity index (χ0) is 26.2. The molecule has 0 bridgehead atoms. The van der Waals surface area contributed by atoms with E-state index in [9.17, 15) is 0 Å². The SMILES string of the molecule is Clc1ccc(-c2ccc(N(c3ccccc3)c3cccc4oc5ccccc5c34)cc2)c(-c2ccccc2)c1. The average molecular weight is 522 g/mol. The predicted molar refractivity (Wildman–Crippen MR) is 164 cm³/mol. The maximum atomic E-state index is 6.42. The minimum Gasteiger partial charge on any atom is -0.456 e. The monoisotopic (exact) mass is 521 g/mol. The van der Waals surface area contributed by atoms with Crippen LogP contribution in [0.15, 0.2) is 150 Å². The highest BCUT2D eigenvalue weighted by molar-refractivity contribution is 6.31. The molecule has 6 aromatic carbocycles. The van der Waals surface area contributed by atoms with Gasteiger partial charge in [-0.25, -0.2) is 0 Å². The van der Waals surface area contributed by atoms with Gasteiger partial charge in [0.1, 0.15) is 11.2 Å². The summed E-state index contributed by atoms with van der Waals surface area (Å²) in [5.41, 5.74) is 9.53. The smallest absolute Gasteiger partial charge is 0.137 e. The molecule has 0 saturated heterocycles. The fraction of sp³-hybridized carbons (Fsp3) is 0. The Morgan fingerprint density at radius 1 is 0.487 bits per heavy atom. The summed E-state index contributed by atoms with van der Waals surface area (Å²) in [6, 6.07) is 50.2. The van der Waals surface area contributed by atoms with Crippen LogP contribution in [0.2, 0.25) is 5.02 Å². The van der Waals surface area contributed by atoms with Crippen LogP contribution in [-0.4, -0.2) is 0 Å². The molecule has 0 spiro atoms. The van der Waals surface area contributed by atoms with Crippen LogP contribution in [0.3, 0.4) is 0 Å². The summed E-state index contributed by atoms with van der Waals surface area (Å²) in [6.45, 7) is 0. The highest BCUT2D eigenvalue weighted by Crippen LogP contribution is 2.43. The van der Waals surface area contributed by atoms with Gasteiger partial charge in [0, 0.05) is 21.8 Å². The predicted octanol–water partition coefficient (Wildman–Crippen LogP) is 11.0. The quantitative estimate of drug-likeness (QED) is 0.224. The lowest BCUT2D eigenvalue weighted by atomic mass is 9.94. The number of nitrogens with zero attached hydrogens (tertiary/aromatic N) is 1. The van der Waals surface area contributed by atoms with Crippen LogP contribution in [-0.2, 0) is 0 Å². The van der Waals surface area contributed by atoms with Crippen molar-refractivity contribution in [3.05, 3.63) is 151 Å². The molecule has 0 N–H and O–H groups in total. The van der Waals surface area contributed by atoms with E-state index in [1.807, 2.05) is 42.5 Å². The third-order valence-electron chi connectivity index (χ3n) is 7.14. The van der Waals surface area contributed by atoms with Crippen LogP contribution in [0.1, 0.15) is 0 Å². The summed E-state index contributed by atoms with van der Waals surface area (Å²) < 4.78 is 6.22. The molecule has 7 aromatic rings. The zero-order valence-corrected chi connectivity index (χ0v) is 21.8. The van der Waals surface area contributed by atoms with Gasteiger partial charge < -0.3 is 9.32 Å². The van der Waals surface area contributed by atoms with E-state index in [0.29, 0.717) is 0 Å². The lowest BCUT2D eigenvalue weighted by Crippen LogP contribution is -2.10. The van der Waals surface area contributed by atoms with Gasteiger partial charge in [0.2, 0.25) is 0 Å². The van der Waals surface area contributed by atoms with Crippen LogP contribution >= 0.6 is 11.6 Å². The number of para-hydroxylation sites is 2. The first-order chi connectivity index (χ1) is 19.3. The molecular formula is C36H24ClNO. The number of fused-ring (bicyclic) bond motifs is 3. The van der Waals surface area contributed by atoms with E-state index in [1.54, 1.807) is 0 Å². The van der Waals surface area contributed by atoms with Crippen molar-refractivity contribution in [2.24, 2.45) is 0 Å². The largest absolute Gasteiger partial charge is 0.456 e. The van der Waals surface area contributed by atoms with E-state index in [4.69, 9.17) is 16.0 Å². The van der Waals surface area contributed by atoms with Gasteiger partial charge >= 0.3 is 0 Å². The molecule has 0 aliphatic carbocycles. The van der Waals surface area contributed by atoms with Gasteiger partial charge in [-0.15, -0.1) is 0 Å². The van der Waals surface area contributed by atoms with Crippen LogP contribution < -0.4 is 4.90 Å². The lowest BCUT2D eigenvalue weighted by Gasteiger charge is -2.26. The molecule has 39 heavy (non-hydrogen) atoms. The van der Waals surface area contributed by atoms with E-state index in [-0.39, 0.29) is 0 Å². The van der Waals surface area contributed by atoms with Crippen molar-refractivity contribution >= 4 is 50.6 Å². The first-order valence-electron chi connectivity index (χ1n) is 13.0. The number of furan rings is 1. The summed E-state index contributed by atoms with van der Waals surface area (Å²) in [5.74, 6) is 0. The van der Waals surface area contributed by atoms with Gasteiger partial charge in [-0.3, -0.25) is 0 Å². The summed E-state index contributed by atoms with van der Waals surface area (Å²) in [7, 11) is 0. The van der Waals surface area contributed by atoms with Crippen LogP contribution in [0.5, 0.6) is 0 Å². The summed E-state index contributed by atoms with van der Waals surface area (Å²) in [5, 5.41) is 2.93. The van der Waals surface area contributed by atoms with Crippen LogP contribution in [0.4, 0.5) is 17.1 Å². The molecule has 1 aromatic heterocycles. The number of hydrogen-bond donors (Lipinski definition) is 0. The first kappa shape index (κ1) is 23.3. The molecule has 0 unspecified atom stereocenters. The lowest BCUT2D eigenvalue weighted by molar-refractivity contribution is 0.669. The Hall–Kier alpha value is -4.79. The second-order valence-electron chi connectivity index (χ2n) is 9.52. The van der Waals surface area contributed by atoms with E-state index in [2.05, 4.69) is 108 Å². The number of benzene rings is 6. The van der Waals surface area contributed by atoms with E-state index >= 15 is 0 Å². The topological polar surface area (TPSA) is 16.4 Å². The van der Waals surface area contributed by atoms with Crippen molar-refractivity contribution in [3.63, 3.8) is 0 Å². The Morgan fingerprint density at radius 3 is 1.92 bits per heavy atom. The third-order valence-corrected chi connectivity index (χ3v) is 7.37. The van der Waals surface area contributed by atoms with Crippen molar-refractivity contribution in [1.29, 1.82) is 0 Å². The van der Waals surface area contributed by atoms with Crippen LogP contribution in [0, 0.1) is 0 Å². The molecule has 0 amide bonds. The molecule has 0 aliphatic rings.